The fourth-order valence-electron chi connectivity index (χ4n) is 4.31. The summed E-state index contributed by atoms with van der Waals surface area (Å²) in [5.74, 6) is 0.149. The molecule has 0 bridgehead atoms. The predicted molar refractivity (Wildman–Crippen MR) is 148 cm³/mol. The van der Waals surface area contributed by atoms with Crippen LogP contribution < -0.4 is 10.1 Å². The molecule has 0 fully saturated rings. The second-order valence-electron chi connectivity index (χ2n) is 9.21. The van der Waals surface area contributed by atoms with Crippen molar-refractivity contribution in [2.45, 2.75) is 38.0 Å². The van der Waals surface area contributed by atoms with E-state index in [9.17, 15) is 9.59 Å². The van der Waals surface area contributed by atoms with Gasteiger partial charge >= 0.3 is 0 Å². The van der Waals surface area contributed by atoms with Crippen LogP contribution in [0.25, 0.3) is 0 Å². The van der Waals surface area contributed by atoms with Crippen molar-refractivity contribution in [3.8, 4) is 5.75 Å². The quantitative estimate of drug-likeness (QED) is 0.472. The second kappa shape index (κ2) is 10.6. The van der Waals surface area contributed by atoms with Gasteiger partial charge in [-0.25, -0.2) is 5.01 Å². The molecule has 2 aliphatic rings. The molecule has 0 radical (unpaired) electrons. The first-order valence-corrected chi connectivity index (χ1v) is 13.0. The van der Waals surface area contributed by atoms with Crippen molar-refractivity contribution in [2.24, 2.45) is 10.1 Å². The summed E-state index contributed by atoms with van der Waals surface area (Å²) in [4.78, 5) is 29.8. The van der Waals surface area contributed by atoms with Gasteiger partial charge in [-0.3, -0.25) is 9.59 Å². The number of aryl methyl sites for hydroxylation is 2. The number of carbonyl (C=O) groups excluding carboxylic acids is 2. The Morgan fingerprint density at radius 2 is 1.65 bits per heavy atom. The molecule has 1 N–H and O–H groups in total. The molecule has 2 aliphatic heterocycles. The number of rotatable bonds is 6. The van der Waals surface area contributed by atoms with E-state index in [0.29, 0.717) is 23.0 Å². The molecule has 0 spiro atoms. The Hall–Kier alpha value is -3.91. The van der Waals surface area contributed by atoms with E-state index in [-0.39, 0.29) is 24.3 Å². The van der Waals surface area contributed by atoms with Gasteiger partial charge in [0, 0.05) is 18.5 Å². The number of hydrogen-bond donors (Lipinski definition) is 1. The zero-order valence-electron chi connectivity index (χ0n) is 21.0. The Balaban J connectivity index is 1.33. The number of thioether (sulfide) groups is 1. The van der Waals surface area contributed by atoms with Crippen molar-refractivity contribution in [3.05, 3.63) is 95.1 Å². The van der Waals surface area contributed by atoms with E-state index in [4.69, 9.17) is 9.84 Å². The summed E-state index contributed by atoms with van der Waals surface area (Å²) in [6.45, 7) is 4.11. The number of hydrazone groups is 1. The first kappa shape index (κ1) is 24.8. The third-order valence-electron chi connectivity index (χ3n) is 6.43. The molecule has 0 unspecified atom stereocenters. The summed E-state index contributed by atoms with van der Waals surface area (Å²) in [6, 6.07) is 23.7. The van der Waals surface area contributed by atoms with Gasteiger partial charge in [0.25, 0.3) is 5.91 Å². The molecule has 5 rings (SSSR count). The lowest BCUT2D eigenvalue weighted by Crippen LogP contribution is -2.25. The van der Waals surface area contributed by atoms with Gasteiger partial charge in [0.2, 0.25) is 5.91 Å². The van der Waals surface area contributed by atoms with Gasteiger partial charge in [0.1, 0.15) is 11.0 Å². The van der Waals surface area contributed by atoms with Crippen molar-refractivity contribution in [1.82, 2.24) is 5.01 Å². The van der Waals surface area contributed by atoms with Crippen molar-refractivity contribution < 1.29 is 14.3 Å². The van der Waals surface area contributed by atoms with E-state index >= 15 is 0 Å². The van der Waals surface area contributed by atoms with Crippen molar-refractivity contribution in [3.63, 3.8) is 0 Å². The highest BCUT2D eigenvalue weighted by atomic mass is 32.2. The van der Waals surface area contributed by atoms with Crippen LogP contribution >= 0.6 is 11.8 Å². The van der Waals surface area contributed by atoms with Crippen LogP contribution in [-0.2, 0) is 9.59 Å². The lowest BCUT2D eigenvalue weighted by atomic mass is 9.97. The molecule has 188 valence electrons. The van der Waals surface area contributed by atoms with Crippen LogP contribution in [0, 0.1) is 13.8 Å². The maximum Gasteiger partial charge on any atom is 0.262 e. The fraction of sp³-hybridized carbons (Fsp3) is 0.241. The van der Waals surface area contributed by atoms with E-state index in [1.54, 1.807) is 31.4 Å². The van der Waals surface area contributed by atoms with Crippen molar-refractivity contribution >= 4 is 40.1 Å². The van der Waals surface area contributed by atoms with Crippen LogP contribution in [0.2, 0.25) is 0 Å². The standard InChI is InChI=1S/C29H28N4O3S/c1-18-4-8-20(9-5-18)24-16-25(21-10-6-19(2)7-11-21)33(32-24)29-31-28(35)26(37-29)17-27(34)30-22-12-14-23(36-3)15-13-22/h4-15,25-26H,16-17H2,1-3H3,(H,30,34)/t25-,26+/m1/s1. The first-order valence-electron chi connectivity index (χ1n) is 12.1. The molecule has 2 heterocycles. The molecule has 7 nitrogen and oxygen atoms in total. The molecule has 2 amide bonds. The van der Waals surface area contributed by atoms with Crippen LogP contribution in [0.1, 0.15) is 41.1 Å². The minimum absolute atomic E-state index is 0.0279. The lowest BCUT2D eigenvalue weighted by molar-refractivity contribution is -0.121. The number of benzene rings is 3. The summed E-state index contributed by atoms with van der Waals surface area (Å²) >= 11 is 1.30. The number of carbonyl (C=O) groups is 2. The zero-order valence-corrected chi connectivity index (χ0v) is 21.8. The van der Waals surface area contributed by atoms with Gasteiger partial charge in [0.05, 0.1) is 18.9 Å². The molecule has 37 heavy (non-hydrogen) atoms. The molecular weight excluding hydrogens is 484 g/mol. The average molecular weight is 513 g/mol. The van der Waals surface area contributed by atoms with E-state index in [1.165, 1.54) is 22.9 Å². The molecule has 2 atom stereocenters. The van der Waals surface area contributed by atoms with E-state index in [2.05, 4.69) is 72.7 Å². The van der Waals surface area contributed by atoms with E-state index in [1.807, 2.05) is 5.01 Å². The maximum atomic E-state index is 12.8. The molecule has 0 aliphatic carbocycles. The fourth-order valence-corrected chi connectivity index (χ4v) is 5.38. The molecule has 0 saturated heterocycles. The minimum atomic E-state index is -0.592. The third-order valence-corrected chi connectivity index (χ3v) is 7.57. The van der Waals surface area contributed by atoms with Crippen molar-refractivity contribution in [2.75, 3.05) is 12.4 Å². The van der Waals surface area contributed by atoms with Gasteiger partial charge in [-0.1, -0.05) is 71.4 Å². The number of amides is 2. The summed E-state index contributed by atoms with van der Waals surface area (Å²) in [5, 5.41) is 9.55. The second-order valence-corrected chi connectivity index (χ2v) is 10.4. The number of ether oxygens (including phenoxy) is 1. The van der Waals surface area contributed by atoms with Gasteiger partial charge in [-0.2, -0.15) is 10.1 Å². The highest BCUT2D eigenvalue weighted by Crippen LogP contribution is 2.38. The highest BCUT2D eigenvalue weighted by Gasteiger charge is 2.39. The summed E-state index contributed by atoms with van der Waals surface area (Å²) < 4.78 is 5.15. The van der Waals surface area contributed by atoms with Gasteiger partial charge in [-0.05, 0) is 49.2 Å². The summed E-state index contributed by atoms with van der Waals surface area (Å²) in [6.07, 6.45) is 0.725. The van der Waals surface area contributed by atoms with E-state index < -0.39 is 5.25 Å². The number of aliphatic imine (C=N–C) groups is 1. The largest absolute Gasteiger partial charge is 0.497 e. The number of nitrogens with zero attached hydrogens (tertiary/aromatic N) is 3. The van der Waals surface area contributed by atoms with Gasteiger partial charge in [-0.15, -0.1) is 0 Å². The molecule has 8 heteroatoms. The number of anilines is 1. The van der Waals surface area contributed by atoms with Crippen LogP contribution in [-0.4, -0.2) is 40.1 Å². The van der Waals surface area contributed by atoms with Crippen LogP contribution in [0.5, 0.6) is 5.75 Å². The monoisotopic (exact) mass is 512 g/mol. The number of hydrogen-bond acceptors (Lipinski definition) is 6. The topological polar surface area (TPSA) is 83.4 Å². The Labute approximate surface area is 220 Å². The normalized spacial score (nSPS) is 19.0. The molecule has 0 saturated carbocycles. The number of nitrogens with one attached hydrogen (secondary N) is 1. The van der Waals surface area contributed by atoms with Crippen LogP contribution in [0.3, 0.4) is 0 Å². The molecule has 3 aromatic rings. The Kier molecular flexibility index (Phi) is 7.10. The Bertz CT molecular complexity index is 1370. The van der Waals surface area contributed by atoms with Gasteiger partial charge in [0.15, 0.2) is 5.17 Å². The average Bonchev–Trinajstić information content (AvgIpc) is 3.49. The van der Waals surface area contributed by atoms with E-state index in [0.717, 1.165) is 16.8 Å². The molecular formula is C29H28N4O3S. The SMILES string of the molecule is COc1ccc(NC(=O)C[C@@H]2SC(N3N=C(c4ccc(C)cc4)C[C@@H]3c3ccc(C)cc3)=NC2=O)cc1. The first-order chi connectivity index (χ1) is 17.9. The highest BCUT2D eigenvalue weighted by molar-refractivity contribution is 8.15. The molecule has 0 aromatic heterocycles. The van der Waals surface area contributed by atoms with Crippen LogP contribution in [0.15, 0.2) is 82.9 Å². The number of amidine groups is 1. The third kappa shape index (κ3) is 5.59. The predicted octanol–water partition coefficient (Wildman–Crippen LogP) is 5.49. The Morgan fingerprint density at radius 1 is 1.00 bits per heavy atom. The van der Waals surface area contributed by atoms with Gasteiger partial charge < -0.3 is 10.1 Å². The van der Waals surface area contributed by atoms with Crippen LogP contribution in [0.4, 0.5) is 5.69 Å². The maximum absolute atomic E-state index is 12.8. The molecule has 3 aromatic carbocycles. The lowest BCUT2D eigenvalue weighted by Gasteiger charge is -2.23. The Morgan fingerprint density at radius 3 is 2.30 bits per heavy atom. The smallest absolute Gasteiger partial charge is 0.262 e. The minimum Gasteiger partial charge on any atom is -0.497 e. The number of methoxy groups -OCH3 is 1. The summed E-state index contributed by atoms with van der Waals surface area (Å²) in [5.41, 5.74) is 6.12. The summed E-state index contributed by atoms with van der Waals surface area (Å²) in [7, 11) is 1.59. The zero-order chi connectivity index (χ0) is 25.9. The van der Waals surface area contributed by atoms with Crippen molar-refractivity contribution in [1.29, 1.82) is 0 Å².